The smallest absolute Gasteiger partial charge is 0.477 e. The van der Waals surface area contributed by atoms with E-state index in [-0.39, 0.29) is 58.3 Å². The third-order valence-corrected chi connectivity index (χ3v) is 7.30. The molecule has 3 heterocycles. The Morgan fingerprint density at radius 1 is 1.17 bits per heavy atom. The molecule has 2 aliphatic rings. The quantitative estimate of drug-likeness (QED) is 0.509. The number of carboxylic acid groups (broad SMARTS) is 1. The molecule has 3 N–H and O–H groups in total. The van der Waals surface area contributed by atoms with Gasteiger partial charge in [-0.05, 0) is 18.1 Å². The second-order valence-corrected chi connectivity index (χ2v) is 9.93. The van der Waals surface area contributed by atoms with Crippen LogP contribution in [0.5, 0.6) is 5.88 Å². The number of hydrogen-bond donors (Lipinski definition) is 2. The molecule has 3 rings (SSSR count). The molecule has 0 aliphatic carbocycles. The van der Waals surface area contributed by atoms with Crippen LogP contribution in [0.2, 0.25) is 0 Å². The van der Waals surface area contributed by atoms with E-state index in [1.165, 1.54) is 10.5 Å². The average Bonchev–Trinajstić information content (AvgIpc) is 2.82. The van der Waals surface area contributed by atoms with Gasteiger partial charge in [-0.2, -0.15) is 43.4 Å². The normalized spacial score (nSPS) is 22.4. The Morgan fingerprint density at radius 2 is 1.78 bits per heavy atom. The molecule has 0 radical (unpaired) electrons. The number of nitrogens with zero attached hydrogens (tertiary/aromatic N) is 3. The number of halogens is 6. The zero-order valence-electron chi connectivity index (χ0n) is 18.8. The van der Waals surface area contributed by atoms with Crippen molar-refractivity contribution in [3.8, 4) is 5.88 Å². The number of alkyl halides is 6. The fraction of sp³-hybridized carbons (Fsp3) is 0.684. The Hall–Kier alpha value is -2.21. The highest BCUT2D eigenvalue weighted by molar-refractivity contribution is 7.86. The molecule has 0 bridgehead atoms. The summed E-state index contributed by atoms with van der Waals surface area (Å²) >= 11 is 0. The van der Waals surface area contributed by atoms with E-state index in [1.807, 2.05) is 0 Å². The van der Waals surface area contributed by atoms with Crippen LogP contribution >= 0.6 is 0 Å². The number of piperidine rings is 1. The van der Waals surface area contributed by atoms with Gasteiger partial charge < -0.3 is 20.3 Å². The first kappa shape index (κ1) is 30.0. The number of aliphatic carboxylic acids is 1. The van der Waals surface area contributed by atoms with Crippen molar-refractivity contribution in [2.24, 2.45) is 17.6 Å². The number of aromatic nitrogens is 1. The van der Waals surface area contributed by atoms with Gasteiger partial charge in [-0.3, -0.25) is 0 Å². The van der Waals surface area contributed by atoms with Crippen molar-refractivity contribution in [2.75, 3.05) is 46.0 Å². The van der Waals surface area contributed by atoms with E-state index in [0.29, 0.717) is 0 Å². The highest BCUT2D eigenvalue weighted by Gasteiger charge is 2.48. The molecule has 17 heteroatoms. The van der Waals surface area contributed by atoms with Crippen molar-refractivity contribution < 1.29 is 54.1 Å². The van der Waals surface area contributed by atoms with E-state index in [0.717, 1.165) is 9.87 Å². The summed E-state index contributed by atoms with van der Waals surface area (Å²) in [4.78, 5) is 12.9. The number of nitrogens with two attached hydrogens (primary N) is 1. The van der Waals surface area contributed by atoms with Crippen molar-refractivity contribution in [1.29, 1.82) is 0 Å². The van der Waals surface area contributed by atoms with Crippen LogP contribution in [0.1, 0.15) is 12.0 Å². The molecule has 1 aromatic heterocycles. The van der Waals surface area contributed by atoms with E-state index in [1.54, 1.807) is 12.1 Å². The summed E-state index contributed by atoms with van der Waals surface area (Å²) in [5, 5.41) is 7.12. The highest BCUT2D eigenvalue weighted by atomic mass is 32.2. The zero-order chi connectivity index (χ0) is 27.1. The lowest BCUT2D eigenvalue weighted by molar-refractivity contribution is -0.192. The van der Waals surface area contributed by atoms with Crippen molar-refractivity contribution in [3.05, 3.63) is 23.9 Å². The van der Waals surface area contributed by atoms with Crippen LogP contribution in [-0.2, 0) is 26.3 Å². The van der Waals surface area contributed by atoms with Gasteiger partial charge in [-0.1, -0.05) is 0 Å². The van der Waals surface area contributed by atoms with Crippen LogP contribution in [0, 0.1) is 11.8 Å². The number of morpholine rings is 1. The summed E-state index contributed by atoms with van der Waals surface area (Å²) in [6.45, 7) is 0.312. The molecule has 0 saturated carbocycles. The molecule has 0 amide bonds. The topological polar surface area (TPSA) is 135 Å². The number of hydrogen-bond acceptors (Lipinski definition) is 7. The van der Waals surface area contributed by atoms with Crippen LogP contribution < -0.4 is 10.5 Å². The molecule has 0 spiro atoms. The Labute approximate surface area is 203 Å². The Balaban J connectivity index is 0.000000572. The Kier molecular flexibility index (Phi) is 10.3. The maximum atomic E-state index is 13.5. The molecule has 2 saturated heterocycles. The first-order chi connectivity index (χ1) is 16.6. The van der Waals surface area contributed by atoms with Crippen LogP contribution in [0.15, 0.2) is 18.3 Å². The zero-order valence-corrected chi connectivity index (χ0v) is 19.7. The minimum atomic E-state index is -5.08. The van der Waals surface area contributed by atoms with Gasteiger partial charge in [0.1, 0.15) is 0 Å². The fourth-order valence-electron chi connectivity index (χ4n) is 3.51. The van der Waals surface area contributed by atoms with E-state index in [2.05, 4.69) is 4.98 Å². The molecule has 10 nitrogen and oxygen atoms in total. The lowest BCUT2D eigenvalue weighted by Crippen LogP contribution is -2.55. The summed E-state index contributed by atoms with van der Waals surface area (Å²) in [7, 11) is -4.01. The highest BCUT2D eigenvalue weighted by Crippen LogP contribution is 2.37. The van der Waals surface area contributed by atoms with Crippen LogP contribution in [0.3, 0.4) is 0 Å². The molecule has 206 valence electrons. The average molecular weight is 552 g/mol. The standard InChI is InChI=1S/C17H25F3N4O4S.C2HF3O2/c18-17(19,20)15-7-14(12-28-16-8-13(9-21)1-2-22-16)10-24(11-15)29(25,26)23-3-5-27-6-4-23;3-2(4,5)1(6)7/h1-2,8,14-15H,3-7,9-12,21H2;(H,6,7)/t14-,15-;/m0./s1. The van der Waals surface area contributed by atoms with Crippen molar-refractivity contribution >= 4 is 16.2 Å². The van der Waals surface area contributed by atoms with Gasteiger partial charge >= 0.3 is 18.3 Å². The third kappa shape index (κ3) is 8.72. The van der Waals surface area contributed by atoms with Crippen molar-refractivity contribution in [1.82, 2.24) is 13.6 Å². The maximum Gasteiger partial charge on any atom is 0.490 e. The predicted octanol–water partition coefficient (Wildman–Crippen LogP) is 1.63. The lowest BCUT2D eigenvalue weighted by atomic mass is 9.90. The summed E-state index contributed by atoms with van der Waals surface area (Å²) in [5.41, 5.74) is 6.35. The van der Waals surface area contributed by atoms with E-state index >= 15 is 0 Å². The van der Waals surface area contributed by atoms with E-state index < -0.39 is 46.9 Å². The van der Waals surface area contributed by atoms with Gasteiger partial charge in [0.05, 0.1) is 25.7 Å². The number of carboxylic acids is 1. The summed E-state index contributed by atoms with van der Waals surface area (Å²) < 4.78 is 111. The molecular formula is C19H26F6N4O6S. The first-order valence-corrected chi connectivity index (χ1v) is 12.0. The molecule has 1 aromatic rings. The van der Waals surface area contributed by atoms with Crippen molar-refractivity contribution in [2.45, 2.75) is 25.3 Å². The predicted molar refractivity (Wildman–Crippen MR) is 112 cm³/mol. The molecular weight excluding hydrogens is 526 g/mol. The summed E-state index contributed by atoms with van der Waals surface area (Å²) in [6, 6.07) is 3.33. The Morgan fingerprint density at radius 3 is 2.31 bits per heavy atom. The van der Waals surface area contributed by atoms with Crippen LogP contribution in [0.25, 0.3) is 0 Å². The van der Waals surface area contributed by atoms with Gasteiger partial charge in [-0.25, -0.2) is 9.78 Å². The second-order valence-electron chi connectivity index (χ2n) is 8.00. The fourth-order valence-corrected chi connectivity index (χ4v) is 5.21. The maximum absolute atomic E-state index is 13.5. The minimum absolute atomic E-state index is 0.0388. The number of rotatable bonds is 6. The van der Waals surface area contributed by atoms with Crippen LogP contribution in [-0.4, -0.2) is 91.4 Å². The van der Waals surface area contributed by atoms with Gasteiger partial charge in [-0.15, -0.1) is 0 Å². The summed E-state index contributed by atoms with van der Waals surface area (Å²) in [6.07, 6.45) is -8.27. The molecule has 2 aliphatic heterocycles. The molecule has 0 aromatic carbocycles. The Bertz CT molecular complexity index is 972. The van der Waals surface area contributed by atoms with Crippen LogP contribution in [0.4, 0.5) is 26.3 Å². The number of ether oxygens (including phenoxy) is 2. The monoisotopic (exact) mass is 552 g/mol. The minimum Gasteiger partial charge on any atom is -0.477 e. The third-order valence-electron chi connectivity index (χ3n) is 5.33. The molecule has 2 atom stereocenters. The SMILES string of the molecule is NCc1ccnc(OC[C@H]2C[C@H](C(F)(F)F)CN(S(=O)(=O)N3CCOCC3)C2)c1.O=C(O)C(F)(F)F. The summed E-state index contributed by atoms with van der Waals surface area (Å²) in [5.74, 6) is -4.87. The van der Waals surface area contributed by atoms with Gasteiger partial charge in [0.25, 0.3) is 10.2 Å². The van der Waals surface area contributed by atoms with Gasteiger partial charge in [0.15, 0.2) is 0 Å². The molecule has 36 heavy (non-hydrogen) atoms. The number of pyridine rings is 1. The molecule has 0 unspecified atom stereocenters. The first-order valence-electron chi connectivity index (χ1n) is 10.6. The lowest BCUT2D eigenvalue weighted by Gasteiger charge is -2.40. The van der Waals surface area contributed by atoms with E-state index in [9.17, 15) is 34.8 Å². The van der Waals surface area contributed by atoms with Gasteiger partial charge in [0.2, 0.25) is 5.88 Å². The second kappa shape index (κ2) is 12.4. The van der Waals surface area contributed by atoms with E-state index in [4.69, 9.17) is 25.1 Å². The van der Waals surface area contributed by atoms with Crippen molar-refractivity contribution in [3.63, 3.8) is 0 Å². The molecule has 2 fully saturated rings. The number of carbonyl (C=O) groups is 1. The van der Waals surface area contributed by atoms with Gasteiger partial charge in [0, 0.05) is 50.9 Å². The largest absolute Gasteiger partial charge is 0.490 e.